The number of amides is 3. The maximum absolute atomic E-state index is 13.9. The molecule has 2 N–H and O–H groups in total. The number of benzene rings is 1. The average Bonchev–Trinajstić information content (AvgIpc) is 3.27. The maximum atomic E-state index is 13.9. The second-order valence-corrected chi connectivity index (χ2v) is 12.9. The molecule has 38 heavy (non-hydrogen) atoms. The van der Waals surface area contributed by atoms with E-state index in [1.807, 2.05) is 44.4 Å². The van der Waals surface area contributed by atoms with Crippen LogP contribution in [0.4, 0.5) is 4.39 Å². The highest BCUT2D eigenvalue weighted by atomic mass is 32.2. The molecule has 208 valence electrons. The van der Waals surface area contributed by atoms with Gasteiger partial charge in [0.15, 0.2) is 5.67 Å². The lowest BCUT2D eigenvalue weighted by Gasteiger charge is -2.36. The highest BCUT2D eigenvalue weighted by molar-refractivity contribution is 8.00. The van der Waals surface area contributed by atoms with Crippen LogP contribution in [0.5, 0.6) is 0 Å². The molecule has 2 unspecified atom stereocenters. The number of hydrogen-bond acceptors (Lipinski definition) is 6. The summed E-state index contributed by atoms with van der Waals surface area (Å²) in [7, 11) is 0. The molecule has 1 aromatic carbocycles. The number of aromatic nitrogens is 1. The molecule has 2 heterocycles. The van der Waals surface area contributed by atoms with Crippen molar-refractivity contribution in [3.63, 3.8) is 0 Å². The molecule has 1 saturated carbocycles. The van der Waals surface area contributed by atoms with Gasteiger partial charge in [0.1, 0.15) is 6.04 Å². The van der Waals surface area contributed by atoms with Crippen LogP contribution >= 0.6 is 23.1 Å². The van der Waals surface area contributed by atoms with Crippen molar-refractivity contribution < 1.29 is 18.8 Å². The fourth-order valence-corrected chi connectivity index (χ4v) is 5.64. The average molecular weight is 563 g/mol. The van der Waals surface area contributed by atoms with Crippen LogP contribution in [0.2, 0.25) is 0 Å². The lowest BCUT2D eigenvalue weighted by molar-refractivity contribution is -0.139. The topological polar surface area (TPSA) is 91.4 Å². The number of likely N-dealkylation sites (tertiary alicyclic amines) is 1. The molecule has 0 bridgehead atoms. The summed E-state index contributed by atoms with van der Waals surface area (Å²) in [6.07, 6.45) is 5.13. The molecule has 2 aromatic rings. The number of thiazole rings is 1. The summed E-state index contributed by atoms with van der Waals surface area (Å²) in [5, 5.41) is 5.36. The number of aryl methyl sites for hydroxylation is 2. The highest BCUT2D eigenvalue weighted by Gasteiger charge is 2.53. The minimum atomic E-state index is -1.75. The Kier molecular flexibility index (Phi) is 9.97. The molecule has 0 spiro atoms. The Morgan fingerprint density at radius 1 is 1.34 bits per heavy atom. The zero-order valence-corrected chi connectivity index (χ0v) is 24.7. The van der Waals surface area contributed by atoms with E-state index in [2.05, 4.69) is 40.7 Å². The minimum Gasteiger partial charge on any atom is -0.355 e. The van der Waals surface area contributed by atoms with Gasteiger partial charge in [-0.25, -0.2) is 9.37 Å². The SMILES string of the molecule is CSC(C)(C)C(NC(=O)C1(F)CC1)C(=O)N1CCCC1C.Cc1cc(-c2scnc2C)ccc1CNC=O. The van der Waals surface area contributed by atoms with Crippen molar-refractivity contribution in [2.45, 2.75) is 89.3 Å². The van der Waals surface area contributed by atoms with Gasteiger partial charge < -0.3 is 15.5 Å². The second kappa shape index (κ2) is 12.6. The summed E-state index contributed by atoms with van der Waals surface area (Å²) >= 11 is 3.16. The van der Waals surface area contributed by atoms with Crippen molar-refractivity contribution in [2.75, 3.05) is 12.8 Å². The van der Waals surface area contributed by atoms with E-state index in [9.17, 15) is 18.8 Å². The third-order valence-electron chi connectivity index (χ3n) is 7.40. The molecule has 2 fully saturated rings. The molecular weight excluding hydrogens is 523 g/mol. The van der Waals surface area contributed by atoms with E-state index in [4.69, 9.17) is 0 Å². The highest BCUT2D eigenvalue weighted by Crippen LogP contribution is 2.40. The van der Waals surface area contributed by atoms with Gasteiger partial charge in [-0.2, -0.15) is 11.8 Å². The predicted molar refractivity (Wildman–Crippen MR) is 153 cm³/mol. The Hall–Kier alpha value is -2.46. The summed E-state index contributed by atoms with van der Waals surface area (Å²) in [6.45, 7) is 11.2. The zero-order chi connectivity index (χ0) is 28.1. The minimum absolute atomic E-state index is 0.0862. The molecule has 1 aromatic heterocycles. The number of alkyl halides is 1. The Labute approximate surface area is 233 Å². The molecule has 1 aliphatic carbocycles. The lowest BCUT2D eigenvalue weighted by atomic mass is 10.0. The fourth-order valence-electron chi connectivity index (χ4n) is 4.44. The second-order valence-electron chi connectivity index (χ2n) is 10.6. The van der Waals surface area contributed by atoms with E-state index < -0.39 is 22.4 Å². The quantitative estimate of drug-likeness (QED) is 0.429. The molecule has 2 aliphatic rings. The van der Waals surface area contributed by atoms with Gasteiger partial charge in [0.05, 0.1) is 16.1 Å². The Bertz CT molecular complexity index is 1150. The first-order valence-electron chi connectivity index (χ1n) is 13.0. The molecule has 3 amide bonds. The number of carbonyl (C=O) groups excluding carboxylic acids is 3. The zero-order valence-electron chi connectivity index (χ0n) is 23.1. The normalized spacial score (nSPS) is 18.7. The molecule has 4 rings (SSSR count). The molecular formula is C28H39FN4O3S2. The van der Waals surface area contributed by atoms with Crippen LogP contribution in [0.3, 0.4) is 0 Å². The van der Waals surface area contributed by atoms with Crippen LogP contribution in [0.1, 0.15) is 63.3 Å². The summed E-state index contributed by atoms with van der Waals surface area (Å²) in [6, 6.07) is 5.78. The van der Waals surface area contributed by atoms with E-state index >= 15 is 0 Å². The predicted octanol–water partition coefficient (Wildman–Crippen LogP) is 4.80. The molecule has 1 aliphatic heterocycles. The third-order valence-corrected chi connectivity index (χ3v) is 9.67. The van der Waals surface area contributed by atoms with Crippen LogP contribution in [0.15, 0.2) is 23.7 Å². The number of carbonyl (C=O) groups is 3. The first kappa shape index (κ1) is 30.1. The van der Waals surface area contributed by atoms with Crippen LogP contribution in [-0.4, -0.2) is 63.4 Å². The van der Waals surface area contributed by atoms with Crippen molar-refractivity contribution in [3.05, 3.63) is 40.5 Å². The van der Waals surface area contributed by atoms with Crippen molar-refractivity contribution >= 4 is 41.3 Å². The number of thioether (sulfide) groups is 1. The third kappa shape index (κ3) is 7.14. The number of nitrogens with zero attached hydrogens (tertiary/aromatic N) is 2. The lowest BCUT2D eigenvalue weighted by Crippen LogP contribution is -2.59. The van der Waals surface area contributed by atoms with Gasteiger partial charge in [0.25, 0.3) is 5.91 Å². The first-order chi connectivity index (χ1) is 17.9. The van der Waals surface area contributed by atoms with Gasteiger partial charge in [-0.15, -0.1) is 11.3 Å². The van der Waals surface area contributed by atoms with Gasteiger partial charge in [0.2, 0.25) is 12.3 Å². The van der Waals surface area contributed by atoms with Gasteiger partial charge in [-0.1, -0.05) is 18.2 Å². The largest absolute Gasteiger partial charge is 0.355 e. The molecule has 2 atom stereocenters. The summed E-state index contributed by atoms with van der Waals surface area (Å²) in [4.78, 5) is 42.4. The molecule has 0 radical (unpaired) electrons. The van der Waals surface area contributed by atoms with Gasteiger partial charge >= 0.3 is 0 Å². The van der Waals surface area contributed by atoms with Crippen LogP contribution < -0.4 is 10.6 Å². The summed E-state index contributed by atoms with van der Waals surface area (Å²) in [5.41, 5.74) is 4.70. The number of nitrogens with one attached hydrogen (secondary N) is 2. The van der Waals surface area contributed by atoms with Crippen LogP contribution in [0, 0.1) is 13.8 Å². The Balaban J connectivity index is 0.000000215. The molecule has 10 heteroatoms. The maximum Gasteiger partial charge on any atom is 0.258 e. The van der Waals surface area contributed by atoms with Crippen molar-refractivity contribution in [1.29, 1.82) is 0 Å². The number of hydrogen-bond donors (Lipinski definition) is 2. The number of halogens is 1. The van der Waals surface area contributed by atoms with Crippen molar-refractivity contribution in [1.82, 2.24) is 20.5 Å². The molecule has 1 saturated heterocycles. The van der Waals surface area contributed by atoms with E-state index in [0.29, 0.717) is 6.54 Å². The Morgan fingerprint density at radius 3 is 2.55 bits per heavy atom. The fraction of sp³-hybridized carbons (Fsp3) is 0.571. The van der Waals surface area contributed by atoms with Crippen LogP contribution in [-0.2, 0) is 20.9 Å². The summed E-state index contributed by atoms with van der Waals surface area (Å²) < 4.78 is 13.4. The van der Waals surface area contributed by atoms with Crippen LogP contribution in [0.25, 0.3) is 10.4 Å². The van der Waals surface area contributed by atoms with Gasteiger partial charge in [-0.3, -0.25) is 14.4 Å². The van der Waals surface area contributed by atoms with E-state index in [1.54, 1.807) is 11.3 Å². The van der Waals surface area contributed by atoms with E-state index in [0.717, 1.165) is 37.1 Å². The standard InChI is InChI=1S/C15H25FN2O2S.C13H14N2OS/c1-10-6-5-9-18(10)12(19)11(14(2,3)21-4)17-13(20)15(16)7-8-15;1-9-5-11(13-10(2)15-8-17-13)3-4-12(9)6-14-7-16/h10-11H,5-9H2,1-4H3,(H,17,20);3-5,7-8H,6H2,1-2H3,(H,14,16). The van der Waals surface area contributed by atoms with Crippen molar-refractivity contribution in [3.8, 4) is 10.4 Å². The van der Waals surface area contributed by atoms with Gasteiger partial charge in [-0.05, 0) is 83.2 Å². The molecule has 7 nitrogen and oxygen atoms in total. The first-order valence-corrected chi connectivity index (χ1v) is 15.1. The van der Waals surface area contributed by atoms with Crippen molar-refractivity contribution in [2.24, 2.45) is 0 Å². The van der Waals surface area contributed by atoms with E-state index in [-0.39, 0.29) is 24.8 Å². The smallest absolute Gasteiger partial charge is 0.258 e. The van der Waals surface area contributed by atoms with Gasteiger partial charge in [0, 0.05) is 23.9 Å². The summed E-state index contributed by atoms with van der Waals surface area (Å²) in [5.74, 6) is -0.716. The number of rotatable bonds is 9. The van der Waals surface area contributed by atoms with E-state index in [1.165, 1.54) is 27.8 Å². The Morgan fingerprint density at radius 2 is 2.05 bits per heavy atom. The monoisotopic (exact) mass is 562 g/mol.